The van der Waals surface area contributed by atoms with Gasteiger partial charge in [0.1, 0.15) is 0 Å². The van der Waals surface area contributed by atoms with Crippen molar-refractivity contribution in [1.29, 1.82) is 0 Å². The quantitative estimate of drug-likeness (QED) is 0.644. The summed E-state index contributed by atoms with van der Waals surface area (Å²) in [5.74, 6) is -1.18. The van der Waals surface area contributed by atoms with Gasteiger partial charge in [-0.25, -0.2) is 17.5 Å². The number of amides is 2. The van der Waals surface area contributed by atoms with Crippen LogP contribution in [0.4, 0.5) is 4.79 Å². The minimum atomic E-state index is -3.36. The third-order valence-electron chi connectivity index (χ3n) is 2.80. The minimum absolute atomic E-state index is 0.0182. The van der Waals surface area contributed by atoms with Gasteiger partial charge in [-0.05, 0) is 13.8 Å². The van der Waals surface area contributed by atoms with Crippen LogP contribution >= 0.6 is 0 Å². The zero-order valence-corrected chi connectivity index (χ0v) is 13.1. The Morgan fingerprint density at radius 2 is 1.85 bits per heavy atom. The number of carboxylic acid groups (broad SMARTS) is 1. The van der Waals surface area contributed by atoms with Gasteiger partial charge >= 0.3 is 12.0 Å². The summed E-state index contributed by atoms with van der Waals surface area (Å²) in [5, 5.41) is 11.2. The maximum absolute atomic E-state index is 11.9. The highest BCUT2D eigenvalue weighted by Crippen LogP contribution is 2.04. The molecule has 0 spiro atoms. The predicted octanol–water partition coefficient (Wildman–Crippen LogP) is -0.227. The lowest BCUT2D eigenvalue weighted by atomic mass is 10.2. The summed E-state index contributed by atoms with van der Waals surface area (Å²) in [5.41, 5.74) is 0. The third-order valence-corrected chi connectivity index (χ3v) is 4.63. The van der Waals surface area contributed by atoms with E-state index in [-0.39, 0.29) is 18.7 Å². The van der Waals surface area contributed by atoms with Crippen molar-refractivity contribution in [2.75, 3.05) is 32.9 Å². The Kier molecular flexibility index (Phi) is 7.51. The zero-order chi connectivity index (χ0) is 15.9. The Balaban J connectivity index is 4.41. The lowest BCUT2D eigenvalue weighted by Crippen LogP contribution is -2.47. The van der Waals surface area contributed by atoms with Gasteiger partial charge in [-0.3, -0.25) is 4.79 Å². The molecule has 0 fully saturated rings. The highest BCUT2D eigenvalue weighted by atomic mass is 32.2. The number of rotatable bonds is 8. The molecule has 2 amide bonds. The van der Waals surface area contributed by atoms with Gasteiger partial charge in [0.25, 0.3) is 0 Å². The maximum Gasteiger partial charge on any atom is 0.317 e. The SMILES string of the molecule is CCN(C(=O)NCCS(=O)(=O)N(C)C)C(C)CC(=O)O. The smallest absolute Gasteiger partial charge is 0.317 e. The first-order chi connectivity index (χ1) is 9.11. The van der Waals surface area contributed by atoms with Crippen molar-refractivity contribution in [3.63, 3.8) is 0 Å². The van der Waals surface area contributed by atoms with Crippen LogP contribution in [0.3, 0.4) is 0 Å². The van der Waals surface area contributed by atoms with Gasteiger partial charge < -0.3 is 15.3 Å². The van der Waals surface area contributed by atoms with Crippen LogP contribution < -0.4 is 5.32 Å². The molecule has 0 aliphatic heterocycles. The number of nitrogens with one attached hydrogen (secondary N) is 1. The van der Waals surface area contributed by atoms with E-state index in [9.17, 15) is 18.0 Å². The molecule has 0 aliphatic rings. The highest BCUT2D eigenvalue weighted by Gasteiger charge is 2.21. The number of carbonyl (C=O) groups excluding carboxylic acids is 1. The Labute approximate surface area is 119 Å². The Bertz CT molecular complexity index is 435. The van der Waals surface area contributed by atoms with Crippen LogP contribution in [0.2, 0.25) is 0 Å². The first-order valence-electron chi connectivity index (χ1n) is 6.28. The first kappa shape index (κ1) is 18.7. The van der Waals surface area contributed by atoms with E-state index in [4.69, 9.17) is 5.11 Å². The van der Waals surface area contributed by atoms with Crippen LogP contribution in [-0.2, 0) is 14.8 Å². The molecule has 0 saturated carbocycles. The van der Waals surface area contributed by atoms with Crippen LogP contribution in [0.1, 0.15) is 20.3 Å². The van der Waals surface area contributed by atoms with Gasteiger partial charge in [0.15, 0.2) is 0 Å². The van der Waals surface area contributed by atoms with Crippen molar-refractivity contribution in [3.8, 4) is 0 Å². The van der Waals surface area contributed by atoms with E-state index < -0.39 is 28.1 Å². The van der Waals surface area contributed by atoms with Gasteiger partial charge in [-0.15, -0.1) is 0 Å². The fourth-order valence-electron chi connectivity index (χ4n) is 1.59. The molecule has 2 N–H and O–H groups in total. The number of sulfonamides is 1. The molecule has 8 nitrogen and oxygen atoms in total. The van der Waals surface area contributed by atoms with Crippen molar-refractivity contribution in [2.24, 2.45) is 0 Å². The molecule has 9 heteroatoms. The van der Waals surface area contributed by atoms with Gasteiger partial charge in [-0.1, -0.05) is 0 Å². The standard InChI is InChI=1S/C11H23N3O5S/c1-5-14(9(2)8-10(15)16)11(17)12-6-7-20(18,19)13(3)4/h9H,5-8H2,1-4H3,(H,12,17)(H,15,16). The second-order valence-electron chi connectivity index (χ2n) is 4.56. The highest BCUT2D eigenvalue weighted by molar-refractivity contribution is 7.89. The molecular formula is C11H23N3O5S. The summed E-state index contributed by atoms with van der Waals surface area (Å²) in [7, 11) is -0.517. The average Bonchev–Trinajstić information content (AvgIpc) is 2.28. The average molecular weight is 309 g/mol. The molecule has 0 aromatic heterocycles. The Morgan fingerprint density at radius 1 is 1.30 bits per heavy atom. The van der Waals surface area contributed by atoms with E-state index >= 15 is 0 Å². The Morgan fingerprint density at radius 3 is 2.25 bits per heavy atom. The number of urea groups is 1. The third kappa shape index (κ3) is 6.20. The lowest BCUT2D eigenvalue weighted by Gasteiger charge is -2.27. The van der Waals surface area contributed by atoms with Crippen LogP contribution in [0.5, 0.6) is 0 Å². The summed E-state index contributed by atoms with van der Waals surface area (Å²) in [6.45, 7) is 3.69. The van der Waals surface area contributed by atoms with Crippen molar-refractivity contribution in [2.45, 2.75) is 26.3 Å². The molecule has 1 atom stereocenters. The molecular weight excluding hydrogens is 286 g/mol. The van der Waals surface area contributed by atoms with E-state index in [1.165, 1.54) is 19.0 Å². The summed E-state index contributed by atoms with van der Waals surface area (Å²) in [6.07, 6.45) is -0.155. The van der Waals surface area contributed by atoms with E-state index in [0.29, 0.717) is 6.54 Å². The fraction of sp³-hybridized carbons (Fsp3) is 0.818. The number of nitrogens with zero attached hydrogens (tertiary/aromatic N) is 2. The van der Waals surface area contributed by atoms with Crippen molar-refractivity contribution < 1.29 is 23.1 Å². The Hall–Kier alpha value is -1.35. The molecule has 118 valence electrons. The fourth-order valence-corrected chi connectivity index (χ4v) is 2.31. The molecule has 0 radical (unpaired) electrons. The number of aliphatic carboxylic acids is 1. The molecule has 0 heterocycles. The molecule has 20 heavy (non-hydrogen) atoms. The molecule has 0 saturated heterocycles. The number of carbonyl (C=O) groups is 2. The summed E-state index contributed by atoms with van der Waals surface area (Å²) < 4.78 is 24.1. The van der Waals surface area contributed by atoms with Crippen molar-refractivity contribution in [1.82, 2.24) is 14.5 Å². The van der Waals surface area contributed by atoms with E-state index in [1.54, 1.807) is 13.8 Å². The number of carboxylic acids is 1. The topological polar surface area (TPSA) is 107 Å². The molecule has 1 unspecified atom stereocenters. The van der Waals surface area contributed by atoms with Crippen molar-refractivity contribution >= 4 is 22.0 Å². The van der Waals surface area contributed by atoms with Crippen LogP contribution in [0.15, 0.2) is 0 Å². The second kappa shape index (κ2) is 8.05. The molecule has 0 aromatic carbocycles. The van der Waals surface area contributed by atoms with Gasteiger partial charge in [0, 0.05) is 33.2 Å². The second-order valence-corrected chi connectivity index (χ2v) is 6.87. The summed E-state index contributed by atoms with van der Waals surface area (Å²) in [6, 6.07) is -0.918. The van der Waals surface area contributed by atoms with Crippen LogP contribution in [0.25, 0.3) is 0 Å². The van der Waals surface area contributed by atoms with E-state index in [1.807, 2.05) is 0 Å². The summed E-state index contributed by atoms with van der Waals surface area (Å²) >= 11 is 0. The van der Waals surface area contributed by atoms with Gasteiger partial charge in [0.05, 0.1) is 12.2 Å². The lowest BCUT2D eigenvalue weighted by molar-refractivity contribution is -0.138. The van der Waals surface area contributed by atoms with Gasteiger partial charge in [0.2, 0.25) is 10.0 Å². The number of hydrogen-bond donors (Lipinski definition) is 2. The molecule has 0 bridgehead atoms. The van der Waals surface area contributed by atoms with Crippen LogP contribution in [-0.4, -0.2) is 73.7 Å². The predicted molar refractivity (Wildman–Crippen MR) is 75.0 cm³/mol. The monoisotopic (exact) mass is 309 g/mol. The normalized spacial score (nSPS) is 13.1. The number of hydrogen-bond acceptors (Lipinski definition) is 4. The first-order valence-corrected chi connectivity index (χ1v) is 7.89. The van der Waals surface area contributed by atoms with Crippen molar-refractivity contribution in [3.05, 3.63) is 0 Å². The van der Waals surface area contributed by atoms with E-state index in [0.717, 1.165) is 4.31 Å². The summed E-state index contributed by atoms with van der Waals surface area (Å²) in [4.78, 5) is 23.9. The molecule has 0 aliphatic carbocycles. The molecule has 0 rings (SSSR count). The van der Waals surface area contributed by atoms with Crippen LogP contribution in [0, 0.1) is 0 Å². The van der Waals surface area contributed by atoms with E-state index in [2.05, 4.69) is 5.32 Å². The maximum atomic E-state index is 11.9. The van der Waals surface area contributed by atoms with Gasteiger partial charge in [-0.2, -0.15) is 0 Å². The zero-order valence-electron chi connectivity index (χ0n) is 12.3. The minimum Gasteiger partial charge on any atom is -0.481 e. The largest absolute Gasteiger partial charge is 0.481 e. The molecule has 0 aromatic rings.